The van der Waals surface area contributed by atoms with E-state index in [-0.39, 0.29) is 23.4 Å². The first-order valence-electron chi connectivity index (χ1n) is 13.8. The van der Waals surface area contributed by atoms with Crippen LogP contribution in [0.4, 0.5) is 5.69 Å². The van der Waals surface area contributed by atoms with Crippen LogP contribution in [0.1, 0.15) is 50.2 Å². The summed E-state index contributed by atoms with van der Waals surface area (Å²) < 4.78 is 28.9. The molecule has 3 aromatic rings. The lowest BCUT2D eigenvalue weighted by Crippen LogP contribution is -2.53. The molecule has 0 saturated heterocycles. The summed E-state index contributed by atoms with van der Waals surface area (Å²) in [6, 6.07) is 19.1. The number of nitrogens with one attached hydrogen (secondary N) is 1. The minimum Gasteiger partial charge on any atom is -0.352 e. The van der Waals surface area contributed by atoms with E-state index >= 15 is 0 Å². The summed E-state index contributed by atoms with van der Waals surface area (Å²) in [4.78, 5) is 29.1. The summed E-state index contributed by atoms with van der Waals surface area (Å²) >= 11 is 12.5. The molecule has 0 heterocycles. The van der Waals surface area contributed by atoms with Crippen molar-refractivity contribution in [2.75, 3.05) is 10.8 Å². The first-order valence-corrected chi connectivity index (χ1v) is 16.0. The normalized spacial score (nSPS) is 14.4. The van der Waals surface area contributed by atoms with Gasteiger partial charge in [0.15, 0.2) is 0 Å². The van der Waals surface area contributed by atoms with E-state index in [0.717, 1.165) is 35.6 Å². The van der Waals surface area contributed by atoms with Crippen LogP contribution in [0, 0.1) is 6.92 Å². The van der Waals surface area contributed by atoms with E-state index < -0.39 is 28.5 Å². The smallest absolute Gasteiger partial charge is 0.264 e. The Kier molecular flexibility index (Phi) is 10.3. The Balaban J connectivity index is 1.72. The number of halogens is 2. The number of hydrogen-bond acceptors (Lipinski definition) is 4. The summed E-state index contributed by atoms with van der Waals surface area (Å²) in [5.74, 6) is -0.765. The van der Waals surface area contributed by atoms with Crippen LogP contribution in [0.15, 0.2) is 77.7 Å². The van der Waals surface area contributed by atoms with Crippen molar-refractivity contribution in [2.45, 2.75) is 69.5 Å². The molecule has 1 fully saturated rings. The van der Waals surface area contributed by atoms with Crippen LogP contribution in [0.25, 0.3) is 0 Å². The number of aryl methyl sites for hydroxylation is 1. The maximum atomic E-state index is 14.2. The van der Waals surface area contributed by atoms with Crippen LogP contribution < -0.4 is 9.62 Å². The molecule has 1 aliphatic rings. The lowest BCUT2D eigenvalue weighted by molar-refractivity contribution is -0.140. The van der Waals surface area contributed by atoms with Gasteiger partial charge in [0, 0.05) is 22.6 Å². The van der Waals surface area contributed by atoms with Crippen LogP contribution in [-0.2, 0) is 26.2 Å². The van der Waals surface area contributed by atoms with Crippen molar-refractivity contribution in [3.8, 4) is 0 Å². The van der Waals surface area contributed by atoms with Gasteiger partial charge in [0.1, 0.15) is 12.6 Å². The van der Waals surface area contributed by atoms with Gasteiger partial charge in [-0.1, -0.05) is 78.9 Å². The van der Waals surface area contributed by atoms with Crippen LogP contribution in [0.5, 0.6) is 0 Å². The molecule has 218 valence electrons. The third-order valence-electron chi connectivity index (χ3n) is 7.39. The first kappa shape index (κ1) is 30.9. The number of carbonyl (C=O) groups is 2. The molecule has 0 aromatic heterocycles. The Bertz CT molecular complexity index is 1460. The number of nitrogens with zero attached hydrogens (tertiary/aromatic N) is 2. The fourth-order valence-corrected chi connectivity index (χ4v) is 6.81. The van der Waals surface area contributed by atoms with Gasteiger partial charge in [-0.05, 0) is 74.2 Å². The monoisotopic (exact) mass is 615 g/mol. The first-order chi connectivity index (χ1) is 19.6. The number of rotatable bonds is 11. The predicted molar refractivity (Wildman–Crippen MR) is 164 cm³/mol. The molecular weight excluding hydrogens is 581 g/mol. The summed E-state index contributed by atoms with van der Waals surface area (Å²) in [6.07, 6.45) is 4.27. The van der Waals surface area contributed by atoms with Gasteiger partial charge in [-0.2, -0.15) is 0 Å². The molecule has 0 aliphatic heterocycles. The molecule has 3 aromatic carbocycles. The molecule has 41 heavy (non-hydrogen) atoms. The second-order valence-corrected chi connectivity index (χ2v) is 13.0. The number of amides is 2. The molecule has 1 aliphatic carbocycles. The number of sulfonamides is 1. The van der Waals surface area contributed by atoms with Crippen molar-refractivity contribution >= 4 is 50.7 Å². The Hall–Kier alpha value is -3.07. The molecule has 4 rings (SSSR count). The average molecular weight is 617 g/mol. The lowest BCUT2D eigenvalue weighted by Gasteiger charge is -2.34. The van der Waals surface area contributed by atoms with Gasteiger partial charge in [0.05, 0.1) is 10.6 Å². The van der Waals surface area contributed by atoms with Gasteiger partial charge in [-0.25, -0.2) is 8.42 Å². The van der Waals surface area contributed by atoms with Gasteiger partial charge < -0.3 is 10.2 Å². The summed E-state index contributed by atoms with van der Waals surface area (Å²) in [7, 11) is -4.16. The van der Waals surface area contributed by atoms with Gasteiger partial charge in [0.2, 0.25) is 11.8 Å². The zero-order valence-corrected chi connectivity index (χ0v) is 25.6. The largest absolute Gasteiger partial charge is 0.352 e. The maximum Gasteiger partial charge on any atom is 0.264 e. The Morgan fingerprint density at radius 3 is 2.20 bits per heavy atom. The van der Waals surface area contributed by atoms with Crippen LogP contribution in [0.3, 0.4) is 0 Å². The molecule has 7 nitrogen and oxygen atoms in total. The standard InChI is InChI=1S/C31H35Cl2N3O4S/c1-3-29(31(38)34-25-9-5-6-10-25)35(20-23-8-4-7-11-28(23)33)30(37)21-36(26-16-12-22(2)13-17-26)41(39,40)27-18-14-24(32)15-19-27/h4,7-8,11-19,25,29H,3,5-6,9-10,20-21H2,1-2H3,(H,34,38)/t29-/m1/s1. The van der Waals surface area contributed by atoms with Crippen LogP contribution in [-0.4, -0.2) is 43.8 Å². The van der Waals surface area contributed by atoms with Crippen molar-refractivity contribution < 1.29 is 18.0 Å². The number of benzene rings is 3. The zero-order chi connectivity index (χ0) is 29.6. The van der Waals surface area contributed by atoms with E-state index in [0.29, 0.717) is 27.7 Å². The fourth-order valence-electron chi connectivity index (χ4n) is 5.07. The second kappa shape index (κ2) is 13.7. The zero-order valence-electron chi connectivity index (χ0n) is 23.2. The number of anilines is 1. The Labute approximate surface area is 252 Å². The van der Waals surface area contributed by atoms with E-state index in [9.17, 15) is 18.0 Å². The summed E-state index contributed by atoms with van der Waals surface area (Å²) in [5, 5.41) is 3.96. The minimum atomic E-state index is -4.16. The highest BCUT2D eigenvalue weighted by atomic mass is 35.5. The topological polar surface area (TPSA) is 86.8 Å². The van der Waals surface area contributed by atoms with Crippen LogP contribution >= 0.6 is 23.2 Å². The van der Waals surface area contributed by atoms with E-state index in [2.05, 4.69) is 5.32 Å². The quantitative estimate of drug-likeness (QED) is 0.272. The SMILES string of the molecule is CC[C@H](C(=O)NC1CCCC1)N(Cc1ccccc1Cl)C(=O)CN(c1ccc(C)cc1)S(=O)(=O)c1ccc(Cl)cc1. The molecule has 1 atom stereocenters. The van der Waals surface area contributed by atoms with Gasteiger partial charge in [-0.15, -0.1) is 0 Å². The molecule has 2 amide bonds. The van der Waals surface area contributed by atoms with E-state index in [1.165, 1.54) is 29.2 Å². The highest BCUT2D eigenvalue weighted by Crippen LogP contribution is 2.27. The molecule has 1 N–H and O–H groups in total. The van der Waals surface area contributed by atoms with Gasteiger partial charge in [-0.3, -0.25) is 13.9 Å². The highest BCUT2D eigenvalue weighted by Gasteiger charge is 2.34. The minimum absolute atomic E-state index is 0.000975. The molecule has 0 bridgehead atoms. The molecule has 0 radical (unpaired) electrons. The third kappa shape index (κ3) is 7.61. The van der Waals surface area contributed by atoms with Crippen molar-refractivity contribution in [3.63, 3.8) is 0 Å². The molecular formula is C31H35Cl2N3O4S. The van der Waals surface area contributed by atoms with E-state index in [4.69, 9.17) is 23.2 Å². The van der Waals surface area contributed by atoms with E-state index in [1.807, 2.05) is 19.9 Å². The van der Waals surface area contributed by atoms with Crippen molar-refractivity contribution in [1.82, 2.24) is 10.2 Å². The third-order valence-corrected chi connectivity index (χ3v) is 9.80. The second-order valence-electron chi connectivity index (χ2n) is 10.3. The molecule has 0 unspecified atom stereocenters. The molecule has 10 heteroatoms. The number of hydrogen-bond donors (Lipinski definition) is 1. The lowest BCUT2D eigenvalue weighted by atomic mass is 10.1. The predicted octanol–water partition coefficient (Wildman–Crippen LogP) is 6.36. The van der Waals surface area contributed by atoms with Gasteiger partial charge >= 0.3 is 0 Å². The average Bonchev–Trinajstić information content (AvgIpc) is 3.46. The van der Waals surface area contributed by atoms with E-state index in [1.54, 1.807) is 42.5 Å². The summed E-state index contributed by atoms with van der Waals surface area (Å²) in [5.41, 5.74) is 1.94. The Morgan fingerprint density at radius 2 is 1.59 bits per heavy atom. The van der Waals surface area contributed by atoms with Crippen molar-refractivity contribution in [2.24, 2.45) is 0 Å². The maximum absolute atomic E-state index is 14.2. The van der Waals surface area contributed by atoms with Crippen molar-refractivity contribution in [1.29, 1.82) is 0 Å². The van der Waals surface area contributed by atoms with Crippen molar-refractivity contribution in [3.05, 3.63) is 94.0 Å². The van der Waals surface area contributed by atoms with Crippen LogP contribution in [0.2, 0.25) is 10.0 Å². The van der Waals surface area contributed by atoms with Gasteiger partial charge in [0.25, 0.3) is 10.0 Å². The molecule has 0 spiro atoms. The Morgan fingerprint density at radius 1 is 0.951 bits per heavy atom. The highest BCUT2D eigenvalue weighted by molar-refractivity contribution is 7.92. The fraction of sp³-hybridized carbons (Fsp3) is 0.355. The summed E-state index contributed by atoms with van der Waals surface area (Å²) in [6.45, 7) is 3.28. The molecule has 1 saturated carbocycles. The number of carbonyl (C=O) groups excluding carboxylic acids is 2.